The molecule has 2 saturated heterocycles. The summed E-state index contributed by atoms with van der Waals surface area (Å²) < 4.78 is 31.7. The van der Waals surface area contributed by atoms with Crippen LogP contribution < -0.4 is 4.90 Å². The van der Waals surface area contributed by atoms with Crippen molar-refractivity contribution in [1.82, 2.24) is 20.1 Å². The lowest BCUT2D eigenvalue weighted by molar-refractivity contribution is -0.192. The Kier molecular flexibility index (Phi) is 5.90. The van der Waals surface area contributed by atoms with E-state index >= 15 is 0 Å². The number of likely N-dealkylation sites (tertiary alicyclic amines) is 1. The number of aromatic nitrogens is 3. The minimum absolute atomic E-state index is 0.603. The molecule has 0 spiro atoms. The highest BCUT2D eigenvalue weighted by Crippen LogP contribution is 2.36. The van der Waals surface area contributed by atoms with Gasteiger partial charge in [0.25, 0.3) is 0 Å². The lowest BCUT2D eigenvalue weighted by Crippen LogP contribution is -2.36. The van der Waals surface area contributed by atoms with E-state index in [1.165, 1.54) is 18.5 Å². The van der Waals surface area contributed by atoms with Gasteiger partial charge in [-0.15, -0.1) is 10.2 Å². The second kappa shape index (κ2) is 8.17. The molecule has 0 aliphatic carbocycles. The molecule has 7 nitrogen and oxygen atoms in total. The van der Waals surface area contributed by atoms with Gasteiger partial charge in [0.1, 0.15) is 5.51 Å². The second-order valence-electron chi connectivity index (χ2n) is 6.22. The van der Waals surface area contributed by atoms with Crippen LogP contribution in [0.25, 0.3) is 0 Å². The van der Waals surface area contributed by atoms with E-state index < -0.39 is 12.1 Å². The summed E-state index contributed by atoms with van der Waals surface area (Å²) in [5, 5.41) is 16.4. The predicted octanol–water partition coefficient (Wildman–Crippen LogP) is 2.42. The number of nitrogens with zero attached hydrogens (tertiary/aromatic N) is 5. The summed E-state index contributed by atoms with van der Waals surface area (Å²) in [6.45, 7) is 3.22. The van der Waals surface area contributed by atoms with Crippen molar-refractivity contribution < 1.29 is 23.1 Å². The maximum atomic E-state index is 10.6. The van der Waals surface area contributed by atoms with E-state index in [1.807, 2.05) is 17.8 Å². The first-order valence-corrected chi connectivity index (χ1v) is 9.21. The van der Waals surface area contributed by atoms with Crippen LogP contribution in [0.5, 0.6) is 0 Å². The van der Waals surface area contributed by atoms with Gasteiger partial charge in [0, 0.05) is 37.9 Å². The first-order valence-electron chi connectivity index (χ1n) is 8.33. The average molecular weight is 401 g/mol. The van der Waals surface area contributed by atoms with Crippen LogP contribution in [-0.2, 0) is 11.3 Å². The SMILES string of the molecule is O=C(O)C(F)(F)F.c1ccc(CN2CC[C@H]3[C@H]2CCN3c2nncs2)nc1. The first kappa shape index (κ1) is 19.5. The molecule has 2 atom stereocenters. The fourth-order valence-electron chi connectivity index (χ4n) is 3.50. The lowest BCUT2D eigenvalue weighted by Gasteiger charge is -2.24. The van der Waals surface area contributed by atoms with E-state index in [9.17, 15) is 13.2 Å². The molecule has 27 heavy (non-hydrogen) atoms. The molecule has 0 bridgehead atoms. The number of halogens is 3. The van der Waals surface area contributed by atoms with Crippen molar-refractivity contribution in [2.75, 3.05) is 18.0 Å². The molecule has 2 aliphatic heterocycles. The van der Waals surface area contributed by atoms with Crippen molar-refractivity contribution in [2.45, 2.75) is 37.6 Å². The van der Waals surface area contributed by atoms with Crippen LogP contribution in [0.15, 0.2) is 29.9 Å². The van der Waals surface area contributed by atoms with Gasteiger partial charge in [-0.2, -0.15) is 13.2 Å². The quantitative estimate of drug-likeness (QED) is 0.846. The summed E-state index contributed by atoms with van der Waals surface area (Å²) >= 11 is 1.65. The van der Waals surface area contributed by atoms with Gasteiger partial charge in [0.05, 0.1) is 5.69 Å². The van der Waals surface area contributed by atoms with E-state index in [2.05, 4.69) is 37.1 Å². The molecule has 4 rings (SSSR count). The summed E-state index contributed by atoms with van der Waals surface area (Å²) in [6.07, 6.45) is -0.765. The number of aliphatic carboxylic acids is 1. The third kappa shape index (κ3) is 4.72. The number of fused-ring (bicyclic) bond motifs is 1. The van der Waals surface area contributed by atoms with Crippen LogP contribution >= 0.6 is 11.3 Å². The van der Waals surface area contributed by atoms with Gasteiger partial charge in [-0.1, -0.05) is 17.4 Å². The Morgan fingerprint density at radius 3 is 2.59 bits per heavy atom. The summed E-state index contributed by atoms with van der Waals surface area (Å²) in [5.74, 6) is -2.76. The van der Waals surface area contributed by atoms with Crippen molar-refractivity contribution in [3.05, 3.63) is 35.6 Å². The molecule has 0 radical (unpaired) electrons. The van der Waals surface area contributed by atoms with E-state index in [4.69, 9.17) is 9.90 Å². The summed E-state index contributed by atoms with van der Waals surface area (Å²) in [7, 11) is 0. The van der Waals surface area contributed by atoms with Crippen LogP contribution in [0, 0.1) is 0 Å². The zero-order valence-corrected chi connectivity index (χ0v) is 15.0. The highest BCUT2D eigenvalue weighted by molar-refractivity contribution is 7.13. The molecule has 4 heterocycles. The monoisotopic (exact) mass is 401 g/mol. The normalized spacial score (nSPS) is 22.3. The van der Waals surface area contributed by atoms with Gasteiger partial charge in [-0.25, -0.2) is 4.79 Å². The minimum Gasteiger partial charge on any atom is -0.475 e. The minimum atomic E-state index is -5.08. The second-order valence-corrected chi connectivity index (χ2v) is 7.03. The standard InChI is InChI=1S/C14H17N5S.C2HF3O2/c1-2-6-15-11(3-1)9-18-7-4-13-12(18)5-8-19(13)14-17-16-10-20-14;3-2(4,5)1(6)7/h1-3,6,10,12-13H,4-5,7-9H2;(H,6,7)/t12-,13+;/m1./s1. The van der Waals surface area contributed by atoms with Crippen molar-refractivity contribution in [2.24, 2.45) is 0 Å². The molecule has 0 aromatic carbocycles. The van der Waals surface area contributed by atoms with E-state index in [-0.39, 0.29) is 0 Å². The molecule has 11 heteroatoms. The van der Waals surface area contributed by atoms with Gasteiger partial charge in [0.15, 0.2) is 0 Å². The van der Waals surface area contributed by atoms with Crippen LogP contribution in [0.2, 0.25) is 0 Å². The number of carboxylic acids is 1. The maximum absolute atomic E-state index is 10.6. The predicted molar refractivity (Wildman–Crippen MR) is 92.4 cm³/mol. The van der Waals surface area contributed by atoms with Crippen LogP contribution in [0.1, 0.15) is 18.5 Å². The fraction of sp³-hybridized carbons (Fsp3) is 0.500. The summed E-state index contributed by atoms with van der Waals surface area (Å²) in [5.41, 5.74) is 2.99. The smallest absolute Gasteiger partial charge is 0.475 e. The Bertz CT molecular complexity index is 744. The van der Waals surface area contributed by atoms with Gasteiger partial charge >= 0.3 is 12.1 Å². The van der Waals surface area contributed by atoms with Gasteiger partial charge in [0.2, 0.25) is 5.13 Å². The highest BCUT2D eigenvalue weighted by Gasteiger charge is 2.43. The number of carboxylic acid groups (broad SMARTS) is 1. The van der Waals surface area contributed by atoms with E-state index in [0.717, 1.165) is 24.8 Å². The highest BCUT2D eigenvalue weighted by atomic mass is 32.1. The molecule has 2 fully saturated rings. The molecule has 2 aliphatic rings. The molecule has 0 amide bonds. The number of hydrogen-bond donors (Lipinski definition) is 1. The molecule has 2 aromatic rings. The Morgan fingerprint density at radius 2 is 2.00 bits per heavy atom. The van der Waals surface area contributed by atoms with E-state index in [1.54, 1.807) is 11.3 Å². The average Bonchev–Trinajstić information content (AvgIpc) is 3.34. The third-order valence-corrected chi connectivity index (χ3v) is 5.35. The van der Waals surface area contributed by atoms with Gasteiger partial charge in [-0.05, 0) is 25.0 Å². The first-order chi connectivity index (χ1) is 12.9. The number of anilines is 1. The zero-order chi connectivity index (χ0) is 19.4. The molecule has 1 N–H and O–H groups in total. The molecular weight excluding hydrogens is 383 g/mol. The fourth-order valence-corrected chi connectivity index (χ4v) is 4.15. The summed E-state index contributed by atoms with van der Waals surface area (Å²) in [4.78, 5) is 18.4. The van der Waals surface area contributed by atoms with Crippen LogP contribution in [0.3, 0.4) is 0 Å². The Morgan fingerprint density at radius 1 is 1.26 bits per heavy atom. The van der Waals surface area contributed by atoms with E-state index in [0.29, 0.717) is 12.1 Å². The molecular formula is C16H18F3N5O2S. The maximum Gasteiger partial charge on any atom is 0.490 e. The number of carbonyl (C=O) groups is 1. The Balaban J connectivity index is 0.000000260. The third-order valence-electron chi connectivity index (χ3n) is 4.62. The van der Waals surface area contributed by atoms with Gasteiger partial charge < -0.3 is 10.0 Å². The summed E-state index contributed by atoms with van der Waals surface area (Å²) in [6, 6.07) is 7.40. The van der Waals surface area contributed by atoms with Crippen molar-refractivity contribution in [3.63, 3.8) is 0 Å². The zero-order valence-electron chi connectivity index (χ0n) is 14.2. The molecule has 2 aromatic heterocycles. The number of rotatable bonds is 3. The topological polar surface area (TPSA) is 82.5 Å². The van der Waals surface area contributed by atoms with Crippen molar-refractivity contribution >= 4 is 22.4 Å². The number of alkyl halides is 3. The number of hydrogen-bond acceptors (Lipinski definition) is 7. The Hall–Kier alpha value is -2.27. The number of pyridine rings is 1. The molecule has 146 valence electrons. The van der Waals surface area contributed by atoms with Crippen LogP contribution in [0.4, 0.5) is 18.3 Å². The van der Waals surface area contributed by atoms with Crippen molar-refractivity contribution in [3.8, 4) is 0 Å². The lowest BCUT2D eigenvalue weighted by atomic mass is 10.1. The molecule has 0 saturated carbocycles. The van der Waals surface area contributed by atoms with Crippen LogP contribution in [-0.4, -0.2) is 62.5 Å². The van der Waals surface area contributed by atoms with Gasteiger partial charge in [-0.3, -0.25) is 9.88 Å². The Labute approximate surface area is 157 Å². The van der Waals surface area contributed by atoms with Crippen molar-refractivity contribution in [1.29, 1.82) is 0 Å². The molecule has 0 unspecified atom stereocenters. The largest absolute Gasteiger partial charge is 0.490 e.